The van der Waals surface area contributed by atoms with Gasteiger partial charge in [-0.2, -0.15) is 0 Å². The van der Waals surface area contributed by atoms with Crippen molar-refractivity contribution in [3.8, 4) is 11.8 Å². The number of hydrogen-bond acceptors (Lipinski definition) is 4. The van der Waals surface area contributed by atoms with Crippen molar-refractivity contribution in [3.63, 3.8) is 0 Å². The molecule has 0 bridgehead atoms. The minimum atomic E-state index is -0.636. The number of aromatic nitrogens is 1. The first-order chi connectivity index (χ1) is 13.8. The predicted molar refractivity (Wildman–Crippen MR) is 109 cm³/mol. The quantitative estimate of drug-likeness (QED) is 0.599. The first-order valence-corrected chi connectivity index (χ1v) is 8.58. The number of benzene rings is 2. The van der Waals surface area contributed by atoms with E-state index in [2.05, 4.69) is 22.1 Å². The predicted octanol–water partition coefficient (Wildman–Crippen LogP) is 2.86. The van der Waals surface area contributed by atoms with E-state index in [0.29, 0.717) is 16.7 Å². The number of nitrogen functional groups attached to an aromatic ring is 1. The molecule has 0 aliphatic rings. The summed E-state index contributed by atoms with van der Waals surface area (Å²) in [4.78, 5) is 27.6. The first-order valence-electron chi connectivity index (χ1n) is 8.58. The molecule has 2 aromatic carbocycles. The van der Waals surface area contributed by atoms with Crippen LogP contribution in [0.4, 0.5) is 15.9 Å². The van der Waals surface area contributed by atoms with E-state index >= 15 is 0 Å². The summed E-state index contributed by atoms with van der Waals surface area (Å²) >= 11 is 0. The summed E-state index contributed by atoms with van der Waals surface area (Å²) in [5.41, 5.74) is 13.3. The number of pyridine rings is 1. The van der Waals surface area contributed by atoms with Gasteiger partial charge >= 0.3 is 0 Å². The summed E-state index contributed by atoms with van der Waals surface area (Å²) in [6, 6.07) is 12.5. The molecule has 3 aromatic rings. The van der Waals surface area contributed by atoms with Crippen LogP contribution in [-0.4, -0.2) is 16.8 Å². The highest BCUT2D eigenvalue weighted by Crippen LogP contribution is 2.17. The molecule has 7 heteroatoms. The van der Waals surface area contributed by atoms with E-state index in [4.69, 9.17) is 11.5 Å². The van der Waals surface area contributed by atoms with Gasteiger partial charge in [-0.05, 0) is 48.9 Å². The molecule has 1 aromatic heterocycles. The van der Waals surface area contributed by atoms with Crippen LogP contribution in [0.1, 0.15) is 37.4 Å². The second-order valence-electron chi connectivity index (χ2n) is 6.29. The summed E-state index contributed by atoms with van der Waals surface area (Å²) in [5.74, 6) is 4.23. The van der Waals surface area contributed by atoms with Gasteiger partial charge in [0.1, 0.15) is 11.6 Å². The van der Waals surface area contributed by atoms with Gasteiger partial charge in [0.15, 0.2) is 0 Å². The highest BCUT2D eigenvalue weighted by Gasteiger charge is 2.10. The normalized spacial score (nSPS) is 10.0. The molecule has 0 unspecified atom stereocenters. The first kappa shape index (κ1) is 19.6. The van der Waals surface area contributed by atoms with Crippen LogP contribution in [0.2, 0.25) is 0 Å². The van der Waals surface area contributed by atoms with Crippen LogP contribution < -0.4 is 16.8 Å². The van der Waals surface area contributed by atoms with E-state index in [1.54, 1.807) is 43.3 Å². The van der Waals surface area contributed by atoms with Crippen molar-refractivity contribution >= 4 is 23.3 Å². The van der Waals surface area contributed by atoms with E-state index < -0.39 is 17.6 Å². The van der Waals surface area contributed by atoms with Crippen molar-refractivity contribution in [3.05, 3.63) is 88.4 Å². The Morgan fingerprint density at radius 3 is 2.62 bits per heavy atom. The third-order valence-electron chi connectivity index (χ3n) is 4.04. The second kappa shape index (κ2) is 8.23. The fraction of sp³-hybridized carbons (Fsp3) is 0.0455. The SMILES string of the molecule is Cc1ccc(F)c(NC(=O)c2cccc(C#Cc3cc(C(N)=O)cnc3N)c2)c1. The zero-order valence-corrected chi connectivity index (χ0v) is 15.5. The number of carbonyl (C=O) groups excluding carboxylic acids is 2. The largest absolute Gasteiger partial charge is 0.383 e. The topological polar surface area (TPSA) is 111 Å². The zero-order chi connectivity index (χ0) is 21.0. The third-order valence-corrected chi connectivity index (χ3v) is 4.04. The van der Waals surface area contributed by atoms with Gasteiger partial charge in [0.05, 0.1) is 16.8 Å². The number of halogens is 1. The molecule has 144 valence electrons. The summed E-state index contributed by atoms with van der Waals surface area (Å²) in [6.07, 6.45) is 1.28. The Morgan fingerprint density at radius 1 is 1.07 bits per heavy atom. The number of rotatable bonds is 3. The number of hydrogen-bond donors (Lipinski definition) is 3. The molecule has 6 nitrogen and oxygen atoms in total. The number of anilines is 2. The molecule has 0 fully saturated rings. The van der Waals surface area contributed by atoms with Crippen LogP contribution in [-0.2, 0) is 0 Å². The molecule has 3 rings (SSSR count). The molecule has 2 amide bonds. The van der Waals surface area contributed by atoms with Crippen molar-refractivity contribution in [2.24, 2.45) is 5.73 Å². The van der Waals surface area contributed by atoms with E-state index in [0.717, 1.165) is 5.56 Å². The van der Waals surface area contributed by atoms with Crippen molar-refractivity contribution in [2.75, 3.05) is 11.1 Å². The second-order valence-corrected chi connectivity index (χ2v) is 6.29. The zero-order valence-electron chi connectivity index (χ0n) is 15.5. The maximum atomic E-state index is 13.9. The van der Waals surface area contributed by atoms with Crippen LogP contribution in [0.3, 0.4) is 0 Å². The minimum absolute atomic E-state index is 0.105. The molecule has 1 heterocycles. The van der Waals surface area contributed by atoms with Crippen LogP contribution in [0, 0.1) is 24.6 Å². The highest BCUT2D eigenvalue weighted by molar-refractivity contribution is 6.04. The number of aryl methyl sites for hydroxylation is 1. The van der Waals surface area contributed by atoms with Gasteiger partial charge in [-0.1, -0.05) is 24.0 Å². The lowest BCUT2D eigenvalue weighted by Gasteiger charge is -2.07. The fourth-order valence-corrected chi connectivity index (χ4v) is 2.52. The third kappa shape index (κ3) is 4.76. The average molecular weight is 388 g/mol. The molecule has 5 N–H and O–H groups in total. The smallest absolute Gasteiger partial charge is 0.255 e. The number of carbonyl (C=O) groups is 2. The Labute approximate surface area is 166 Å². The van der Waals surface area contributed by atoms with Crippen LogP contribution in [0.5, 0.6) is 0 Å². The Morgan fingerprint density at radius 2 is 1.86 bits per heavy atom. The van der Waals surface area contributed by atoms with Crippen LogP contribution in [0.15, 0.2) is 54.7 Å². The molecule has 0 spiro atoms. The summed E-state index contributed by atoms with van der Waals surface area (Å²) in [6.45, 7) is 1.80. The van der Waals surface area contributed by atoms with Gasteiger partial charge in [0, 0.05) is 17.3 Å². The van der Waals surface area contributed by atoms with Crippen LogP contribution >= 0.6 is 0 Å². The van der Waals surface area contributed by atoms with Crippen molar-refractivity contribution < 1.29 is 14.0 Å². The maximum absolute atomic E-state index is 13.9. The molecule has 0 aliphatic carbocycles. The molecule has 0 atom stereocenters. The number of nitrogens with zero attached hydrogens (tertiary/aromatic N) is 1. The number of nitrogens with one attached hydrogen (secondary N) is 1. The lowest BCUT2D eigenvalue weighted by atomic mass is 10.1. The van der Waals surface area contributed by atoms with Gasteiger partial charge in [-0.15, -0.1) is 0 Å². The van der Waals surface area contributed by atoms with E-state index in [1.165, 1.54) is 18.3 Å². The average Bonchev–Trinajstić information content (AvgIpc) is 2.70. The van der Waals surface area contributed by atoms with Gasteiger partial charge < -0.3 is 16.8 Å². The summed E-state index contributed by atoms with van der Waals surface area (Å²) in [7, 11) is 0. The molecule has 0 radical (unpaired) electrons. The molecule has 0 aliphatic heterocycles. The van der Waals surface area contributed by atoms with Crippen molar-refractivity contribution in [1.82, 2.24) is 4.98 Å². The van der Waals surface area contributed by atoms with E-state index in [-0.39, 0.29) is 17.1 Å². The van der Waals surface area contributed by atoms with Gasteiger partial charge in [0.2, 0.25) is 5.91 Å². The lowest BCUT2D eigenvalue weighted by molar-refractivity contribution is 0.0997. The van der Waals surface area contributed by atoms with Crippen molar-refractivity contribution in [2.45, 2.75) is 6.92 Å². The Balaban J connectivity index is 1.85. The number of amides is 2. The van der Waals surface area contributed by atoms with E-state index in [1.807, 2.05) is 0 Å². The molecular formula is C22H17FN4O2. The lowest BCUT2D eigenvalue weighted by Crippen LogP contribution is -2.13. The standard InChI is InChI=1S/C22H17FN4O2/c1-13-5-8-18(23)19(9-13)27-22(29)16-4-2-3-14(10-16)6-7-15-11-17(21(25)28)12-26-20(15)24/h2-5,8-12H,1H3,(H2,24,26)(H2,25,28)(H,27,29). The summed E-state index contributed by atoms with van der Waals surface area (Å²) < 4.78 is 13.9. The Bertz CT molecular complexity index is 1180. The molecule has 29 heavy (non-hydrogen) atoms. The number of primary amides is 1. The maximum Gasteiger partial charge on any atom is 0.255 e. The monoisotopic (exact) mass is 388 g/mol. The molecular weight excluding hydrogens is 371 g/mol. The minimum Gasteiger partial charge on any atom is -0.383 e. The van der Waals surface area contributed by atoms with Gasteiger partial charge in [0.25, 0.3) is 5.91 Å². The number of nitrogens with two attached hydrogens (primary N) is 2. The molecule has 0 saturated carbocycles. The van der Waals surface area contributed by atoms with E-state index in [9.17, 15) is 14.0 Å². The fourth-order valence-electron chi connectivity index (χ4n) is 2.52. The Hall–Kier alpha value is -4.18. The summed E-state index contributed by atoms with van der Waals surface area (Å²) in [5, 5.41) is 2.55. The highest BCUT2D eigenvalue weighted by atomic mass is 19.1. The van der Waals surface area contributed by atoms with Gasteiger partial charge in [-0.25, -0.2) is 9.37 Å². The van der Waals surface area contributed by atoms with Crippen molar-refractivity contribution in [1.29, 1.82) is 0 Å². The molecule has 0 saturated heterocycles. The van der Waals surface area contributed by atoms with Crippen LogP contribution in [0.25, 0.3) is 0 Å². The van der Waals surface area contributed by atoms with Gasteiger partial charge in [-0.3, -0.25) is 9.59 Å². The Kier molecular flexibility index (Phi) is 5.56.